The van der Waals surface area contributed by atoms with Crippen molar-refractivity contribution in [2.24, 2.45) is 5.10 Å². The van der Waals surface area contributed by atoms with Gasteiger partial charge in [0.1, 0.15) is 5.82 Å². The number of fused-ring (bicyclic) bond motifs is 1. The summed E-state index contributed by atoms with van der Waals surface area (Å²) in [6.07, 6.45) is 1.54. The monoisotopic (exact) mass is 579 g/mol. The van der Waals surface area contributed by atoms with E-state index in [1.54, 1.807) is 37.4 Å². The Kier molecular flexibility index (Phi) is 8.25. The Bertz CT molecular complexity index is 1270. The highest BCUT2D eigenvalue weighted by molar-refractivity contribution is 9.10. The first-order valence-electron chi connectivity index (χ1n) is 10.2. The molecule has 3 aromatic rings. The van der Waals surface area contributed by atoms with Crippen molar-refractivity contribution < 1.29 is 19.0 Å². The molecule has 0 aliphatic heterocycles. The summed E-state index contributed by atoms with van der Waals surface area (Å²) in [7, 11) is 1.49. The molecule has 0 saturated heterocycles. The average molecular weight is 581 g/mol. The van der Waals surface area contributed by atoms with E-state index < -0.39 is 5.97 Å². The molecule has 0 N–H and O–H groups in total. The van der Waals surface area contributed by atoms with E-state index in [1.807, 2.05) is 19.9 Å². The number of rotatable bonds is 8. The largest absolute Gasteiger partial charge is 0.493 e. The summed E-state index contributed by atoms with van der Waals surface area (Å²) >= 11 is 6.84. The van der Waals surface area contributed by atoms with Gasteiger partial charge in [0.25, 0.3) is 5.56 Å². The van der Waals surface area contributed by atoms with E-state index in [9.17, 15) is 9.59 Å². The third-order valence-corrected chi connectivity index (χ3v) is 5.65. The van der Waals surface area contributed by atoms with Crippen LogP contribution in [0.2, 0.25) is 0 Å². The smallest absolute Gasteiger partial charge is 0.344 e. The molecule has 3 rings (SSSR count). The first-order chi connectivity index (χ1) is 15.7. The Morgan fingerprint density at radius 2 is 2.00 bits per heavy atom. The molecular formula is C23H23Br2N3O5. The van der Waals surface area contributed by atoms with Gasteiger partial charge in [-0.15, -0.1) is 0 Å². The Morgan fingerprint density at radius 1 is 1.24 bits per heavy atom. The molecule has 2 aromatic carbocycles. The molecule has 1 aromatic heterocycles. The van der Waals surface area contributed by atoms with Crippen LogP contribution in [0.4, 0.5) is 0 Å². The van der Waals surface area contributed by atoms with Gasteiger partial charge in [-0.2, -0.15) is 9.78 Å². The fourth-order valence-electron chi connectivity index (χ4n) is 3.06. The number of esters is 1. The van der Waals surface area contributed by atoms with Crippen molar-refractivity contribution in [3.8, 4) is 11.5 Å². The summed E-state index contributed by atoms with van der Waals surface area (Å²) in [4.78, 5) is 29.4. The van der Waals surface area contributed by atoms with Crippen LogP contribution < -0.4 is 15.0 Å². The molecule has 1 heterocycles. The molecule has 0 amide bonds. The summed E-state index contributed by atoms with van der Waals surface area (Å²) in [6.45, 7) is 5.65. The van der Waals surface area contributed by atoms with E-state index >= 15 is 0 Å². The third-order valence-electron chi connectivity index (χ3n) is 4.56. The number of methoxy groups -OCH3 is 1. The number of carbonyl (C=O) groups excluding carboxylic acids is 1. The molecular weight excluding hydrogens is 558 g/mol. The highest BCUT2D eigenvalue weighted by atomic mass is 79.9. The zero-order valence-corrected chi connectivity index (χ0v) is 21.8. The summed E-state index contributed by atoms with van der Waals surface area (Å²) in [6, 6.07) is 8.83. The van der Waals surface area contributed by atoms with Gasteiger partial charge >= 0.3 is 5.97 Å². The van der Waals surface area contributed by atoms with Gasteiger partial charge in [-0.25, -0.2) is 9.78 Å². The molecule has 174 valence electrons. The maximum absolute atomic E-state index is 13.2. The minimum atomic E-state index is -0.479. The van der Waals surface area contributed by atoms with Gasteiger partial charge in [0.15, 0.2) is 18.1 Å². The molecule has 0 aliphatic carbocycles. The van der Waals surface area contributed by atoms with E-state index in [-0.39, 0.29) is 24.7 Å². The van der Waals surface area contributed by atoms with Crippen molar-refractivity contribution in [3.05, 3.63) is 61.0 Å². The number of benzene rings is 2. The predicted molar refractivity (Wildman–Crippen MR) is 134 cm³/mol. The standard InChI is InChI=1S/C23H23Br2N3O5/c1-5-32-20(29)12-33-21-17(25)8-14(9-19(21)31-4)11-26-28-22(13(2)3)27-18-7-6-15(24)10-16(18)23(28)30/h6-11,13H,5,12H2,1-4H3. The Morgan fingerprint density at radius 3 is 2.67 bits per heavy atom. The van der Waals surface area contributed by atoms with E-state index in [4.69, 9.17) is 14.2 Å². The lowest BCUT2D eigenvalue weighted by Crippen LogP contribution is -2.23. The molecule has 8 nitrogen and oxygen atoms in total. The predicted octanol–water partition coefficient (Wildman–Crippen LogP) is 4.88. The van der Waals surface area contributed by atoms with Crippen LogP contribution in [-0.4, -0.2) is 42.2 Å². The van der Waals surface area contributed by atoms with Crippen molar-refractivity contribution in [2.75, 3.05) is 20.3 Å². The van der Waals surface area contributed by atoms with Gasteiger partial charge in [0.05, 0.1) is 35.3 Å². The number of nitrogens with zero attached hydrogens (tertiary/aromatic N) is 3. The van der Waals surface area contributed by atoms with Gasteiger partial charge in [-0.3, -0.25) is 4.79 Å². The third kappa shape index (κ3) is 5.80. The van der Waals surface area contributed by atoms with Gasteiger partial charge in [-0.05, 0) is 58.7 Å². The minimum Gasteiger partial charge on any atom is -0.493 e. The summed E-state index contributed by atoms with van der Waals surface area (Å²) in [5.74, 6) is 0.800. The number of aromatic nitrogens is 2. The molecule has 33 heavy (non-hydrogen) atoms. The Balaban J connectivity index is 2.00. The maximum Gasteiger partial charge on any atom is 0.344 e. The maximum atomic E-state index is 13.2. The number of carbonyl (C=O) groups is 1. The normalized spacial score (nSPS) is 11.4. The molecule has 0 unspecified atom stereocenters. The van der Waals surface area contributed by atoms with E-state index in [2.05, 4.69) is 41.9 Å². The van der Waals surface area contributed by atoms with Crippen LogP contribution >= 0.6 is 31.9 Å². The van der Waals surface area contributed by atoms with Crippen LogP contribution in [0, 0.1) is 0 Å². The lowest BCUT2D eigenvalue weighted by Gasteiger charge is -2.14. The zero-order chi connectivity index (χ0) is 24.1. The fraction of sp³-hybridized carbons (Fsp3) is 0.304. The van der Waals surface area contributed by atoms with E-state index in [0.717, 1.165) is 4.47 Å². The molecule has 0 aliphatic rings. The summed E-state index contributed by atoms with van der Waals surface area (Å²) < 4.78 is 18.5. The number of hydrogen-bond donors (Lipinski definition) is 0. The highest BCUT2D eigenvalue weighted by Gasteiger charge is 2.16. The first kappa shape index (κ1) is 24.9. The lowest BCUT2D eigenvalue weighted by atomic mass is 10.2. The van der Waals surface area contributed by atoms with Crippen LogP contribution in [0.1, 0.15) is 38.1 Å². The number of ether oxygens (including phenoxy) is 3. The first-order valence-corrected chi connectivity index (χ1v) is 11.8. The second-order valence-corrected chi connectivity index (χ2v) is 9.05. The van der Waals surface area contributed by atoms with Crippen LogP contribution in [0.5, 0.6) is 11.5 Å². The quantitative estimate of drug-likeness (QED) is 0.279. The molecule has 0 saturated carbocycles. The molecule has 0 radical (unpaired) electrons. The summed E-state index contributed by atoms with van der Waals surface area (Å²) in [5, 5.41) is 4.90. The van der Waals surface area contributed by atoms with Crippen LogP contribution in [0.15, 0.2) is 49.2 Å². The van der Waals surface area contributed by atoms with Crippen molar-refractivity contribution in [1.82, 2.24) is 9.66 Å². The van der Waals surface area contributed by atoms with Gasteiger partial charge < -0.3 is 14.2 Å². The van der Waals surface area contributed by atoms with Crippen molar-refractivity contribution in [1.29, 1.82) is 0 Å². The lowest BCUT2D eigenvalue weighted by molar-refractivity contribution is -0.145. The topological polar surface area (TPSA) is 92.0 Å². The number of halogens is 2. The van der Waals surface area contributed by atoms with Crippen molar-refractivity contribution in [3.63, 3.8) is 0 Å². The van der Waals surface area contributed by atoms with Gasteiger partial charge in [-0.1, -0.05) is 29.8 Å². The molecule has 0 bridgehead atoms. The Labute approximate surface area is 207 Å². The fourth-order valence-corrected chi connectivity index (χ4v) is 4.00. The van der Waals surface area contributed by atoms with E-state index in [0.29, 0.717) is 38.3 Å². The molecule has 0 spiro atoms. The SMILES string of the molecule is CCOC(=O)COc1c(Br)cc(C=Nn2c(C(C)C)nc3ccc(Br)cc3c2=O)cc1OC. The minimum absolute atomic E-state index is 0.0252. The van der Waals surface area contributed by atoms with Crippen LogP contribution in [0.3, 0.4) is 0 Å². The van der Waals surface area contributed by atoms with Crippen molar-refractivity contribution in [2.45, 2.75) is 26.7 Å². The van der Waals surface area contributed by atoms with Gasteiger partial charge in [0, 0.05) is 10.4 Å². The highest BCUT2D eigenvalue weighted by Crippen LogP contribution is 2.36. The van der Waals surface area contributed by atoms with E-state index in [1.165, 1.54) is 11.8 Å². The second kappa shape index (κ2) is 10.9. The average Bonchev–Trinajstić information content (AvgIpc) is 2.77. The van der Waals surface area contributed by atoms with Crippen LogP contribution in [0.25, 0.3) is 10.9 Å². The van der Waals surface area contributed by atoms with Gasteiger partial charge in [0.2, 0.25) is 0 Å². The summed E-state index contributed by atoms with van der Waals surface area (Å²) in [5.41, 5.74) is 1.01. The molecule has 0 atom stereocenters. The van der Waals surface area contributed by atoms with Crippen molar-refractivity contribution >= 4 is 54.9 Å². The second-order valence-electron chi connectivity index (χ2n) is 7.28. The molecule has 10 heteroatoms. The zero-order valence-electron chi connectivity index (χ0n) is 18.6. The molecule has 0 fully saturated rings. The number of hydrogen-bond acceptors (Lipinski definition) is 7. The van der Waals surface area contributed by atoms with Crippen LogP contribution in [-0.2, 0) is 9.53 Å². The Hall–Kier alpha value is -2.72.